The first-order valence-corrected chi connectivity index (χ1v) is 5.72. The molecule has 2 N–H and O–H groups in total. The molecule has 0 atom stereocenters. The van der Waals surface area contributed by atoms with Crippen LogP contribution in [-0.2, 0) is 6.42 Å². The molecule has 2 aromatic rings. The Morgan fingerprint density at radius 3 is 3.00 bits per heavy atom. The number of nitrogens with two attached hydrogens (primary N) is 1. The zero-order chi connectivity index (χ0) is 12.5. The van der Waals surface area contributed by atoms with E-state index in [0.717, 1.165) is 17.7 Å². The zero-order valence-electron chi connectivity index (χ0n) is 9.71. The van der Waals surface area contributed by atoms with Crippen LogP contribution in [0.1, 0.15) is 16.1 Å². The van der Waals surface area contributed by atoms with Gasteiger partial charge in [-0.1, -0.05) is 12.1 Å². The lowest BCUT2D eigenvalue weighted by molar-refractivity contribution is 0.0984. The van der Waals surface area contributed by atoms with Gasteiger partial charge in [0.15, 0.2) is 0 Å². The highest BCUT2D eigenvalue weighted by molar-refractivity contribution is 6.07. The van der Waals surface area contributed by atoms with Crippen molar-refractivity contribution < 1.29 is 4.79 Å². The molecule has 2 heterocycles. The van der Waals surface area contributed by atoms with Gasteiger partial charge in [0, 0.05) is 18.9 Å². The summed E-state index contributed by atoms with van der Waals surface area (Å²) in [7, 11) is 0. The number of para-hydroxylation sites is 1. The van der Waals surface area contributed by atoms with Gasteiger partial charge in [0.1, 0.15) is 5.69 Å². The third-order valence-corrected chi connectivity index (χ3v) is 3.05. The summed E-state index contributed by atoms with van der Waals surface area (Å²) in [5.74, 6) is -0.153. The SMILES string of the molecule is Nc1cccc2c1N(C(=O)c1cnccn1)CC2. The van der Waals surface area contributed by atoms with Crippen LogP contribution < -0.4 is 10.6 Å². The molecule has 18 heavy (non-hydrogen) atoms. The van der Waals surface area contributed by atoms with Crippen molar-refractivity contribution in [3.8, 4) is 0 Å². The van der Waals surface area contributed by atoms with Gasteiger partial charge in [-0.15, -0.1) is 0 Å². The van der Waals surface area contributed by atoms with E-state index in [1.807, 2.05) is 12.1 Å². The van der Waals surface area contributed by atoms with Gasteiger partial charge in [-0.3, -0.25) is 9.78 Å². The summed E-state index contributed by atoms with van der Waals surface area (Å²) < 4.78 is 0. The molecule has 0 saturated carbocycles. The highest BCUT2D eigenvalue weighted by Gasteiger charge is 2.27. The smallest absolute Gasteiger partial charge is 0.278 e. The number of fused-ring (bicyclic) bond motifs is 1. The predicted molar refractivity (Wildman–Crippen MR) is 68.3 cm³/mol. The van der Waals surface area contributed by atoms with Crippen LogP contribution in [-0.4, -0.2) is 22.4 Å². The second kappa shape index (κ2) is 4.10. The lowest BCUT2D eigenvalue weighted by atomic mass is 10.1. The Labute approximate surface area is 104 Å². The van der Waals surface area contributed by atoms with E-state index >= 15 is 0 Å². The van der Waals surface area contributed by atoms with Crippen molar-refractivity contribution in [2.24, 2.45) is 0 Å². The van der Waals surface area contributed by atoms with E-state index in [9.17, 15) is 4.79 Å². The molecule has 0 spiro atoms. The molecule has 5 heteroatoms. The molecule has 5 nitrogen and oxygen atoms in total. The monoisotopic (exact) mass is 240 g/mol. The van der Waals surface area contributed by atoms with E-state index < -0.39 is 0 Å². The number of carbonyl (C=O) groups excluding carboxylic acids is 1. The highest BCUT2D eigenvalue weighted by atomic mass is 16.2. The minimum atomic E-state index is -0.153. The molecule has 1 aliphatic heterocycles. The Balaban J connectivity index is 2.00. The predicted octanol–water partition coefficient (Wildman–Crippen LogP) is 1.26. The van der Waals surface area contributed by atoms with Gasteiger partial charge in [-0.2, -0.15) is 0 Å². The first-order chi connectivity index (χ1) is 8.77. The minimum absolute atomic E-state index is 0.153. The summed E-state index contributed by atoms with van der Waals surface area (Å²) in [5, 5.41) is 0. The zero-order valence-corrected chi connectivity index (χ0v) is 9.71. The molecule has 1 aliphatic rings. The summed E-state index contributed by atoms with van der Waals surface area (Å²) >= 11 is 0. The molecule has 1 aromatic carbocycles. The van der Waals surface area contributed by atoms with Crippen LogP contribution in [0.2, 0.25) is 0 Å². The second-order valence-electron chi connectivity index (χ2n) is 4.15. The van der Waals surface area contributed by atoms with Gasteiger partial charge < -0.3 is 10.6 Å². The molecule has 1 aromatic heterocycles. The summed E-state index contributed by atoms with van der Waals surface area (Å²) in [5.41, 5.74) is 8.83. The number of hydrogen-bond acceptors (Lipinski definition) is 4. The van der Waals surface area contributed by atoms with Crippen molar-refractivity contribution in [2.75, 3.05) is 17.2 Å². The number of nitrogens with zero attached hydrogens (tertiary/aromatic N) is 3. The van der Waals surface area contributed by atoms with Crippen LogP contribution >= 0.6 is 0 Å². The van der Waals surface area contributed by atoms with Gasteiger partial charge >= 0.3 is 0 Å². The van der Waals surface area contributed by atoms with E-state index in [0.29, 0.717) is 17.9 Å². The summed E-state index contributed by atoms with van der Waals surface area (Å²) in [6.07, 6.45) is 5.35. The van der Waals surface area contributed by atoms with E-state index in [-0.39, 0.29) is 5.91 Å². The Bertz CT molecular complexity index is 597. The lowest BCUT2D eigenvalue weighted by Gasteiger charge is -2.18. The van der Waals surface area contributed by atoms with Crippen LogP contribution in [0.5, 0.6) is 0 Å². The second-order valence-corrected chi connectivity index (χ2v) is 4.15. The van der Waals surface area contributed by atoms with Gasteiger partial charge in [-0.25, -0.2) is 4.98 Å². The number of hydrogen-bond donors (Lipinski definition) is 1. The number of anilines is 2. The lowest BCUT2D eigenvalue weighted by Crippen LogP contribution is -2.30. The highest BCUT2D eigenvalue weighted by Crippen LogP contribution is 2.34. The molecule has 0 fully saturated rings. The Morgan fingerprint density at radius 2 is 2.22 bits per heavy atom. The van der Waals surface area contributed by atoms with Crippen LogP contribution in [0, 0.1) is 0 Å². The number of amides is 1. The normalized spacial score (nSPS) is 13.4. The van der Waals surface area contributed by atoms with Gasteiger partial charge in [-0.05, 0) is 18.1 Å². The molecular weight excluding hydrogens is 228 g/mol. The molecule has 0 saturated heterocycles. The Morgan fingerprint density at radius 1 is 1.33 bits per heavy atom. The van der Waals surface area contributed by atoms with Crippen molar-refractivity contribution >= 4 is 17.3 Å². The van der Waals surface area contributed by atoms with Crippen LogP contribution in [0.4, 0.5) is 11.4 Å². The van der Waals surface area contributed by atoms with E-state index in [4.69, 9.17) is 5.73 Å². The number of nitrogen functional groups attached to an aromatic ring is 1. The topological polar surface area (TPSA) is 72.1 Å². The largest absolute Gasteiger partial charge is 0.397 e. The number of rotatable bonds is 1. The first-order valence-electron chi connectivity index (χ1n) is 5.72. The molecule has 0 bridgehead atoms. The summed E-state index contributed by atoms with van der Waals surface area (Å²) in [6, 6.07) is 5.71. The van der Waals surface area contributed by atoms with Gasteiger partial charge in [0.05, 0.1) is 17.6 Å². The maximum atomic E-state index is 12.3. The van der Waals surface area contributed by atoms with Crippen LogP contribution in [0.15, 0.2) is 36.8 Å². The fourth-order valence-electron chi connectivity index (χ4n) is 2.24. The van der Waals surface area contributed by atoms with E-state index in [1.165, 1.54) is 12.4 Å². The fraction of sp³-hybridized carbons (Fsp3) is 0.154. The average molecular weight is 240 g/mol. The average Bonchev–Trinajstić information content (AvgIpc) is 2.84. The van der Waals surface area contributed by atoms with Crippen molar-refractivity contribution in [3.63, 3.8) is 0 Å². The standard InChI is InChI=1S/C13H12N4O/c14-10-3-1-2-9-4-7-17(12(9)10)13(18)11-8-15-5-6-16-11/h1-3,5-6,8H,4,7,14H2. The van der Waals surface area contributed by atoms with E-state index in [2.05, 4.69) is 9.97 Å². The number of benzene rings is 1. The maximum Gasteiger partial charge on any atom is 0.278 e. The third-order valence-electron chi connectivity index (χ3n) is 3.05. The molecule has 0 unspecified atom stereocenters. The first kappa shape index (κ1) is 10.7. The quantitative estimate of drug-likeness (QED) is 0.762. The number of carbonyl (C=O) groups is 1. The van der Waals surface area contributed by atoms with Crippen molar-refractivity contribution in [2.45, 2.75) is 6.42 Å². The van der Waals surface area contributed by atoms with E-state index in [1.54, 1.807) is 17.2 Å². The van der Waals surface area contributed by atoms with Crippen LogP contribution in [0.25, 0.3) is 0 Å². The van der Waals surface area contributed by atoms with Gasteiger partial charge in [0.2, 0.25) is 0 Å². The van der Waals surface area contributed by atoms with Crippen molar-refractivity contribution in [1.29, 1.82) is 0 Å². The molecule has 1 amide bonds. The van der Waals surface area contributed by atoms with Crippen molar-refractivity contribution in [1.82, 2.24) is 9.97 Å². The summed E-state index contributed by atoms with van der Waals surface area (Å²) in [6.45, 7) is 0.638. The maximum absolute atomic E-state index is 12.3. The van der Waals surface area contributed by atoms with Gasteiger partial charge in [0.25, 0.3) is 5.91 Å². The molecule has 0 aliphatic carbocycles. The Kier molecular flexibility index (Phi) is 2.44. The number of aromatic nitrogens is 2. The minimum Gasteiger partial charge on any atom is -0.397 e. The molecular formula is C13H12N4O. The molecule has 3 rings (SSSR count). The Hall–Kier alpha value is -2.43. The molecule has 0 radical (unpaired) electrons. The van der Waals surface area contributed by atoms with Crippen LogP contribution in [0.3, 0.4) is 0 Å². The molecule has 90 valence electrons. The summed E-state index contributed by atoms with van der Waals surface area (Å²) in [4.78, 5) is 22.0. The fourth-order valence-corrected chi connectivity index (χ4v) is 2.24. The van der Waals surface area contributed by atoms with Crippen molar-refractivity contribution in [3.05, 3.63) is 48.0 Å². The third kappa shape index (κ3) is 1.60.